The summed E-state index contributed by atoms with van der Waals surface area (Å²) in [6.45, 7) is 3.87. The van der Waals surface area contributed by atoms with E-state index < -0.39 is 0 Å². The molecular formula is C17H21N3O. The monoisotopic (exact) mass is 283 g/mol. The van der Waals surface area contributed by atoms with E-state index in [1.807, 2.05) is 49.2 Å². The Morgan fingerprint density at radius 2 is 2.19 bits per heavy atom. The van der Waals surface area contributed by atoms with Crippen molar-refractivity contribution in [3.8, 4) is 0 Å². The predicted octanol–water partition coefficient (Wildman–Crippen LogP) is 2.37. The number of aromatic nitrogens is 1. The molecule has 4 nitrogen and oxygen atoms in total. The van der Waals surface area contributed by atoms with Gasteiger partial charge in [-0.1, -0.05) is 18.2 Å². The molecule has 4 heteroatoms. The van der Waals surface area contributed by atoms with E-state index in [0.29, 0.717) is 0 Å². The number of amides is 1. The van der Waals surface area contributed by atoms with E-state index in [1.54, 1.807) is 0 Å². The number of carbonyl (C=O) groups excluding carboxylic acids is 1. The maximum absolute atomic E-state index is 12.9. The fraction of sp³-hybridized carbons (Fsp3) is 0.412. The first-order chi connectivity index (χ1) is 10.2. The number of likely N-dealkylation sites (N-methyl/N-ethyl adjacent to an activating group) is 1. The van der Waals surface area contributed by atoms with Crippen molar-refractivity contribution in [2.45, 2.75) is 25.8 Å². The van der Waals surface area contributed by atoms with Crippen LogP contribution in [-0.2, 0) is 0 Å². The zero-order valence-electron chi connectivity index (χ0n) is 12.6. The molecule has 1 aromatic heterocycles. The summed E-state index contributed by atoms with van der Waals surface area (Å²) in [5.41, 5.74) is 2.52. The van der Waals surface area contributed by atoms with E-state index in [-0.39, 0.29) is 11.9 Å². The quantitative estimate of drug-likeness (QED) is 0.920. The van der Waals surface area contributed by atoms with Crippen molar-refractivity contribution in [3.63, 3.8) is 0 Å². The Morgan fingerprint density at radius 3 is 2.95 bits per heavy atom. The molecule has 1 aromatic carbocycles. The zero-order chi connectivity index (χ0) is 14.8. The second kappa shape index (κ2) is 5.82. The highest BCUT2D eigenvalue weighted by Crippen LogP contribution is 2.21. The molecule has 1 amide bonds. The number of piperidine rings is 1. The van der Waals surface area contributed by atoms with Gasteiger partial charge in [0, 0.05) is 30.7 Å². The van der Waals surface area contributed by atoms with Gasteiger partial charge in [-0.3, -0.25) is 9.78 Å². The SMILES string of the molecule is Cc1cc(C(=O)N(C)C2CCCNC2)c2ccccc2n1. The third-order valence-electron chi connectivity index (χ3n) is 4.21. The molecule has 1 saturated heterocycles. The highest BCUT2D eigenvalue weighted by atomic mass is 16.2. The Kier molecular flexibility index (Phi) is 3.88. The standard InChI is InChI=1S/C17H21N3O/c1-12-10-15(14-7-3-4-8-16(14)19-12)17(21)20(2)13-6-5-9-18-11-13/h3-4,7-8,10,13,18H,5-6,9,11H2,1-2H3. The minimum atomic E-state index is 0.0883. The van der Waals surface area contributed by atoms with E-state index >= 15 is 0 Å². The van der Waals surface area contributed by atoms with Gasteiger partial charge < -0.3 is 10.2 Å². The van der Waals surface area contributed by atoms with E-state index in [9.17, 15) is 4.79 Å². The number of pyridine rings is 1. The molecule has 1 aliphatic rings. The first kappa shape index (κ1) is 14.0. The summed E-state index contributed by atoms with van der Waals surface area (Å²) in [4.78, 5) is 19.3. The second-order valence-electron chi connectivity index (χ2n) is 5.74. The Hall–Kier alpha value is -1.94. The van der Waals surface area contributed by atoms with Crippen molar-refractivity contribution >= 4 is 16.8 Å². The minimum absolute atomic E-state index is 0.0883. The smallest absolute Gasteiger partial charge is 0.254 e. The topological polar surface area (TPSA) is 45.2 Å². The van der Waals surface area contributed by atoms with E-state index in [1.165, 1.54) is 0 Å². The van der Waals surface area contributed by atoms with Crippen molar-refractivity contribution < 1.29 is 4.79 Å². The normalized spacial score (nSPS) is 18.7. The lowest BCUT2D eigenvalue weighted by atomic mass is 10.0. The highest BCUT2D eigenvalue weighted by Gasteiger charge is 2.24. The molecule has 0 spiro atoms. The molecule has 110 valence electrons. The summed E-state index contributed by atoms with van der Waals surface area (Å²) in [5.74, 6) is 0.0883. The number of benzene rings is 1. The van der Waals surface area contributed by atoms with Gasteiger partial charge in [-0.25, -0.2) is 0 Å². The third kappa shape index (κ3) is 2.76. The van der Waals surface area contributed by atoms with Crippen LogP contribution in [0.4, 0.5) is 0 Å². The van der Waals surface area contributed by atoms with Crippen LogP contribution >= 0.6 is 0 Å². The maximum atomic E-state index is 12.9. The lowest BCUT2D eigenvalue weighted by Crippen LogP contribution is -2.46. The molecule has 2 aromatic rings. The Morgan fingerprint density at radius 1 is 1.38 bits per heavy atom. The highest BCUT2D eigenvalue weighted by molar-refractivity contribution is 6.06. The molecular weight excluding hydrogens is 262 g/mol. The van der Waals surface area contributed by atoms with Crippen LogP contribution in [-0.4, -0.2) is 42.0 Å². The predicted molar refractivity (Wildman–Crippen MR) is 84.5 cm³/mol. The number of aryl methyl sites for hydroxylation is 1. The summed E-state index contributed by atoms with van der Waals surface area (Å²) in [6.07, 6.45) is 2.19. The fourth-order valence-corrected chi connectivity index (χ4v) is 3.00. The van der Waals surface area contributed by atoms with Crippen molar-refractivity contribution in [3.05, 3.63) is 41.6 Å². The molecule has 0 saturated carbocycles. The van der Waals surface area contributed by atoms with Crippen LogP contribution in [0.2, 0.25) is 0 Å². The number of para-hydroxylation sites is 1. The molecule has 0 aliphatic carbocycles. The maximum Gasteiger partial charge on any atom is 0.254 e. The number of carbonyl (C=O) groups is 1. The third-order valence-corrected chi connectivity index (χ3v) is 4.21. The van der Waals surface area contributed by atoms with Crippen molar-refractivity contribution in [2.24, 2.45) is 0 Å². The number of rotatable bonds is 2. The zero-order valence-corrected chi connectivity index (χ0v) is 12.6. The van der Waals surface area contributed by atoms with Gasteiger partial charge in [0.25, 0.3) is 5.91 Å². The molecule has 1 aliphatic heterocycles. The van der Waals surface area contributed by atoms with Gasteiger partial charge in [0.15, 0.2) is 0 Å². The van der Waals surface area contributed by atoms with Crippen molar-refractivity contribution in [1.29, 1.82) is 0 Å². The molecule has 1 N–H and O–H groups in total. The van der Waals surface area contributed by atoms with Crippen LogP contribution in [0.5, 0.6) is 0 Å². The molecule has 1 atom stereocenters. The largest absolute Gasteiger partial charge is 0.337 e. The molecule has 0 bridgehead atoms. The van der Waals surface area contributed by atoms with E-state index in [4.69, 9.17) is 0 Å². The van der Waals surface area contributed by atoms with Gasteiger partial charge in [0.05, 0.1) is 11.1 Å². The number of hydrogen-bond donors (Lipinski definition) is 1. The molecule has 2 heterocycles. The molecule has 3 rings (SSSR count). The number of nitrogens with one attached hydrogen (secondary N) is 1. The van der Waals surface area contributed by atoms with E-state index in [0.717, 1.165) is 48.1 Å². The van der Waals surface area contributed by atoms with Gasteiger partial charge in [0.2, 0.25) is 0 Å². The lowest BCUT2D eigenvalue weighted by molar-refractivity contribution is 0.0710. The summed E-state index contributed by atoms with van der Waals surface area (Å²) >= 11 is 0. The lowest BCUT2D eigenvalue weighted by Gasteiger charge is -2.32. The Labute approximate surface area is 125 Å². The average Bonchev–Trinajstić information content (AvgIpc) is 2.53. The van der Waals surface area contributed by atoms with Gasteiger partial charge >= 0.3 is 0 Å². The summed E-state index contributed by atoms with van der Waals surface area (Å²) < 4.78 is 0. The van der Waals surface area contributed by atoms with Crippen LogP contribution in [0.1, 0.15) is 28.9 Å². The Balaban J connectivity index is 1.97. The van der Waals surface area contributed by atoms with Crippen LogP contribution in [0.25, 0.3) is 10.9 Å². The van der Waals surface area contributed by atoms with Crippen LogP contribution in [0.3, 0.4) is 0 Å². The molecule has 21 heavy (non-hydrogen) atoms. The van der Waals surface area contributed by atoms with Gasteiger partial charge in [-0.15, -0.1) is 0 Å². The summed E-state index contributed by atoms with van der Waals surface area (Å²) in [5, 5.41) is 4.30. The van der Waals surface area contributed by atoms with Crippen LogP contribution < -0.4 is 5.32 Å². The second-order valence-corrected chi connectivity index (χ2v) is 5.74. The average molecular weight is 283 g/mol. The Bertz CT molecular complexity index is 662. The van der Waals surface area contributed by atoms with Crippen LogP contribution in [0.15, 0.2) is 30.3 Å². The van der Waals surface area contributed by atoms with Gasteiger partial charge in [0.1, 0.15) is 0 Å². The van der Waals surface area contributed by atoms with Gasteiger partial charge in [-0.2, -0.15) is 0 Å². The number of nitrogens with zero attached hydrogens (tertiary/aromatic N) is 2. The van der Waals surface area contributed by atoms with Crippen molar-refractivity contribution in [2.75, 3.05) is 20.1 Å². The molecule has 0 radical (unpaired) electrons. The van der Waals surface area contributed by atoms with Crippen molar-refractivity contribution in [1.82, 2.24) is 15.2 Å². The summed E-state index contributed by atoms with van der Waals surface area (Å²) in [6, 6.07) is 10.0. The molecule has 1 unspecified atom stereocenters. The number of fused-ring (bicyclic) bond motifs is 1. The minimum Gasteiger partial charge on any atom is -0.337 e. The first-order valence-electron chi connectivity index (χ1n) is 7.51. The van der Waals surface area contributed by atoms with Gasteiger partial charge in [-0.05, 0) is 38.4 Å². The molecule has 1 fully saturated rings. The van der Waals surface area contributed by atoms with E-state index in [2.05, 4.69) is 10.3 Å². The fourth-order valence-electron chi connectivity index (χ4n) is 3.00. The summed E-state index contributed by atoms with van der Waals surface area (Å²) in [7, 11) is 1.91. The van der Waals surface area contributed by atoms with Crippen LogP contribution in [0, 0.1) is 6.92 Å². The number of hydrogen-bond acceptors (Lipinski definition) is 3. The first-order valence-corrected chi connectivity index (χ1v) is 7.51.